The third-order valence-corrected chi connectivity index (χ3v) is 3.41. The van der Waals surface area contributed by atoms with Gasteiger partial charge in [-0.15, -0.1) is 0 Å². The third-order valence-electron chi connectivity index (χ3n) is 3.41. The van der Waals surface area contributed by atoms with Crippen LogP contribution in [0.4, 0.5) is 5.69 Å². The number of nitrogens with zero attached hydrogens (tertiary/aromatic N) is 2. The van der Waals surface area contributed by atoms with Crippen molar-refractivity contribution in [2.75, 3.05) is 26.3 Å². The minimum Gasteiger partial charge on any atom is -0.504 e. The van der Waals surface area contributed by atoms with Crippen molar-refractivity contribution >= 4 is 11.5 Å². The van der Waals surface area contributed by atoms with Crippen LogP contribution >= 0.6 is 0 Å². The van der Waals surface area contributed by atoms with Gasteiger partial charge in [0, 0.05) is 37.8 Å². The second kappa shape index (κ2) is 6.51. The van der Waals surface area contributed by atoms with Crippen molar-refractivity contribution in [1.82, 2.24) is 10.2 Å². The average Bonchev–Trinajstić information content (AvgIpc) is 2.48. The molecule has 1 aliphatic rings. The van der Waals surface area contributed by atoms with Gasteiger partial charge in [-0.1, -0.05) is 0 Å². The van der Waals surface area contributed by atoms with E-state index in [0.29, 0.717) is 13.2 Å². The van der Waals surface area contributed by atoms with Crippen molar-refractivity contribution < 1.29 is 19.9 Å². The van der Waals surface area contributed by atoms with Crippen LogP contribution in [0.1, 0.15) is 23.2 Å². The lowest BCUT2D eigenvalue weighted by Crippen LogP contribution is -2.42. The van der Waals surface area contributed by atoms with Crippen LogP contribution in [0.3, 0.4) is 0 Å². The molecule has 8 heteroatoms. The largest absolute Gasteiger partial charge is 0.504 e. The lowest BCUT2D eigenvalue weighted by Gasteiger charge is -2.26. The minimum atomic E-state index is -0.833. The summed E-state index contributed by atoms with van der Waals surface area (Å²) in [7, 11) is 0. The summed E-state index contributed by atoms with van der Waals surface area (Å²) in [5.41, 5.74) is -0.639. The molecule has 0 bridgehead atoms. The van der Waals surface area contributed by atoms with Gasteiger partial charge in [-0.25, -0.2) is 0 Å². The van der Waals surface area contributed by atoms with Gasteiger partial charge >= 0.3 is 5.69 Å². The number of nitro groups is 1. The Morgan fingerprint density at radius 2 is 2.19 bits per heavy atom. The van der Waals surface area contributed by atoms with E-state index in [1.807, 2.05) is 0 Å². The Kier molecular flexibility index (Phi) is 4.71. The number of ketones is 1. The Morgan fingerprint density at radius 1 is 1.43 bits per heavy atom. The summed E-state index contributed by atoms with van der Waals surface area (Å²) in [5.74, 6) is -1.79. The van der Waals surface area contributed by atoms with Gasteiger partial charge in [0.2, 0.25) is 5.75 Å². The summed E-state index contributed by atoms with van der Waals surface area (Å²) in [6, 6.07) is 2.05. The summed E-state index contributed by atoms with van der Waals surface area (Å²) >= 11 is 0. The number of phenols is 2. The SMILES string of the molecule is O=C(CCN1CCCNC1)c1cc(O)c(O)c([N+](=O)[O-])c1. The molecule has 0 aliphatic carbocycles. The first kappa shape index (κ1) is 15.2. The molecule has 2 rings (SSSR count). The quantitative estimate of drug-likeness (QED) is 0.319. The number of aromatic hydroxyl groups is 2. The van der Waals surface area contributed by atoms with Crippen LogP contribution < -0.4 is 5.32 Å². The highest BCUT2D eigenvalue weighted by Crippen LogP contribution is 2.36. The lowest BCUT2D eigenvalue weighted by atomic mass is 10.1. The Balaban J connectivity index is 2.06. The summed E-state index contributed by atoms with van der Waals surface area (Å²) < 4.78 is 0. The molecule has 1 fully saturated rings. The zero-order valence-corrected chi connectivity index (χ0v) is 11.4. The first-order chi connectivity index (χ1) is 9.99. The molecule has 0 aromatic heterocycles. The van der Waals surface area contributed by atoms with Crippen LogP contribution in [0.25, 0.3) is 0 Å². The fourth-order valence-corrected chi connectivity index (χ4v) is 2.24. The maximum absolute atomic E-state index is 12.1. The van der Waals surface area contributed by atoms with Gasteiger partial charge in [0.05, 0.1) is 4.92 Å². The highest BCUT2D eigenvalue weighted by molar-refractivity contribution is 5.97. The van der Waals surface area contributed by atoms with Crippen LogP contribution in [0.5, 0.6) is 11.5 Å². The first-order valence-corrected chi connectivity index (χ1v) is 6.65. The Morgan fingerprint density at radius 3 is 2.81 bits per heavy atom. The van der Waals surface area contributed by atoms with Gasteiger partial charge in [-0.2, -0.15) is 0 Å². The number of nitrogens with one attached hydrogen (secondary N) is 1. The Labute approximate surface area is 121 Å². The summed E-state index contributed by atoms with van der Waals surface area (Å²) in [4.78, 5) is 24.1. The van der Waals surface area contributed by atoms with Gasteiger partial charge in [-0.3, -0.25) is 19.8 Å². The first-order valence-electron chi connectivity index (χ1n) is 6.65. The smallest absolute Gasteiger partial charge is 0.315 e. The highest BCUT2D eigenvalue weighted by Gasteiger charge is 2.22. The van der Waals surface area contributed by atoms with E-state index in [1.54, 1.807) is 0 Å². The molecule has 114 valence electrons. The Hall–Kier alpha value is -2.19. The predicted molar refractivity (Wildman–Crippen MR) is 74.4 cm³/mol. The lowest BCUT2D eigenvalue weighted by molar-refractivity contribution is -0.386. The monoisotopic (exact) mass is 295 g/mol. The Bertz CT molecular complexity index is 555. The second-order valence-electron chi connectivity index (χ2n) is 4.92. The van der Waals surface area contributed by atoms with Gasteiger partial charge in [-0.05, 0) is 19.0 Å². The number of rotatable bonds is 5. The maximum Gasteiger partial charge on any atom is 0.315 e. The molecule has 0 amide bonds. The molecule has 21 heavy (non-hydrogen) atoms. The second-order valence-corrected chi connectivity index (χ2v) is 4.92. The molecule has 1 aromatic rings. The van der Waals surface area contributed by atoms with E-state index < -0.39 is 22.1 Å². The molecule has 1 aromatic carbocycles. The standard InChI is InChI=1S/C13H17N3O5/c17-11(2-5-15-4-1-3-14-8-15)9-6-10(16(20)21)13(19)12(18)7-9/h6-7,14,18-19H,1-5,8H2. The summed E-state index contributed by atoms with van der Waals surface area (Å²) in [5, 5.41) is 32.8. The van der Waals surface area contributed by atoms with E-state index in [-0.39, 0.29) is 17.8 Å². The van der Waals surface area contributed by atoms with Crippen LogP contribution in [0.15, 0.2) is 12.1 Å². The van der Waals surface area contributed by atoms with E-state index in [9.17, 15) is 25.1 Å². The van der Waals surface area contributed by atoms with Crippen molar-refractivity contribution in [2.24, 2.45) is 0 Å². The van der Waals surface area contributed by atoms with E-state index in [0.717, 1.165) is 31.6 Å². The molecular weight excluding hydrogens is 278 g/mol. The number of hydrogen-bond donors (Lipinski definition) is 3. The summed E-state index contributed by atoms with van der Waals surface area (Å²) in [6.07, 6.45) is 1.21. The molecule has 0 saturated carbocycles. The van der Waals surface area contributed by atoms with Crippen molar-refractivity contribution in [2.45, 2.75) is 12.8 Å². The number of carbonyl (C=O) groups is 1. The molecule has 3 N–H and O–H groups in total. The number of hydrogen-bond acceptors (Lipinski definition) is 7. The van der Waals surface area contributed by atoms with Gasteiger partial charge < -0.3 is 15.5 Å². The molecule has 0 atom stereocenters. The molecule has 0 spiro atoms. The van der Waals surface area contributed by atoms with Crippen LogP contribution in [0, 0.1) is 10.1 Å². The van der Waals surface area contributed by atoms with Crippen LogP contribution in [-0.2, 0) is 0 Å². The van der Waals surface area contributed by atoms with Crippen LogP contribution in [-0.4, -0.2) is 52.1 Å². The molecule has 1 aliphatic heterocycles. The van der Waals surface area contributed by atoms with Gasteiger partial charge in [0.15, 0.2) is 11.5 Å². The summed E-state index contributed by atoms with van der Waals surface area (Å²) in [6.45, 7) is 3.12. The zero-order chi connectivity index (χ0) is 15.4. The minimum absolute atomic E-state index is 0.0296. The van der Waals surface area contributed by atoms with Crippen molar-refractivity contribution in [1.29, 1.82) is 0 Å². The third kappa shape index (κ3) is 3.67. The molecular formula is C13H17N3O5. The number of Topliss-reactive ketones (excluding diaryl/α,β-unsaturated/α-hetero) is 1. The highest BCUT2D eigenvalue weighted by atomic mass is 16.6. The van der Waals surface area contributed by atoms with E-state index in [4.69, 9.17) is 0 Å². The van der Waals surface area contributed by atoms with E-state index in [2.05, 4.69) is 10.2 Å². The molecule has 1 heterocycles. The number of nitro benzene ring substituents is 1. The number of phenolic OH excluding ortho intramolecular Hbond substituents is 2. The molecule has 0 radical (unpaired) electrons. The van der Waals surface area contributed by atoms with Crippen LogP contribution in [0.2, 0.25) is 0 Å². The average molecular weight is 295 g/mol. The van der Waals surface area contributed by atoms with E-state index >= 15 is 0 Å². The van der Waals surface area contributed by atoms with Crippen molar-refractivity contribution in [3.63, 3.8) is 0 Å². The van der Waals surface area contributed by atoms with E-state index in [1.165, 1.54) is 0 Å². The number of carbonyl (C=O) groups excluding carboxylic acids is 1. The van der Waals surface area contributed by atoms with Crippen molar-refractivity contribution in [3.05, 3.63) is 27.8 Å². The topological polar surface area (TPSA) is 116 Å². The van der Waals surface area contributed by atoms with Crippen molar-refractivity contribution in [3.8, 4) is 11.5 Å². The fraction of sp³-hybridized carbons (Fsp3) is 0.462. The zero-order valence-electron chi connectivity index (χ0n) is 11.4. The predicted octanol–water partition coefficient (Wildman–Crippen LogP) is 0.832. The van der Waals surface area contributed by atoms with Gasteiger partial charge in [0.1, 0.15) is 0 Å². The van der Waals surface area contributed by atoms with Gasteiger partial charge in [0.25, 0.3) is 0 Å². The molecule has 0 unspecified atom stereocenters. The molecule has 8 nitrogen and oxygen atoms in total. The molecule has 1 saturated heterocycles. The normalized spacial score (nSPS) is 15.8. The number of benzene rings is 1. The fourth-order valence-electron chi connectivity index (χ4n) is 2.24. The maximum atomic E-state index is 12.1.